The van der Waals surface area contributed by atoms with Gasteiger partial charge < -0.3 is 16.4 Å². The predicted molar refractivity (Wildman–Crippen MR) is 127 cm³/mol. The Morgan fingerprint density at radius 3 is 2.78 bits per heavy atom. The number of hydrogen-bond donors (Lipinski definition) is 3. The number of nitrogens with two attached hydrogens (primary N) is 1. The molecule has 168 valence electrons. The lowest BCUT2D eigenvalue weighted by molar-refractivity contribution is 0.534. The summed E-state index contributed by atoms with van der Waals surface area (Å²) in [5.74, 6) is 0.909. The van der Waals surface area contributed by atoms with Crippen LogP contribution in [0.15, 0.2) is 23.0 Å². The number of nitrogens with one attached hydrogen (secondary N) is 2. The van der Waals surface area contributed by atoms with Crippen LogP contribution in [0.2, 0.25) is 5.02 Å². The molecule has 1 aromatic carbocycles. The number of nitrogens with zero attached hydrogens (tertiary/aromatic N) is 5. The Balaban J connectivity index is 2.03. The number of benzene rings is 1. The van der Waals surface area contributed by atoms with Gasteiger partial charge in [0, 0.05) is 6.54 Å². The number of aromatic nitrogens is 4. The highest BCUT2D eigenvalue weighted by molar-refractivity contribution is 6.35. The van der Waals surface area contributed by atoms with Crippen molar-refractivity contribution < 1.29 is 0 Å². The zero-order valence-corrected chi connectivity index (χ0v) is 19.2. The van der Waals surface area contributed by atoms with E-state index >= 15 is 0 Å². The Morgan fingerprint density at radius 2 is 2.06 bits per heavy atom. The zero-order valence-electron chi connectivity index (χ0n) is 18.4. The quantitative estimate of drug-likeness (QED) is 0.419. The van der Waals surface area contributed by atoms with Crippen molar-refractivity contribution in [1.29, 1.82) is 5.26 Å². The van der Waals surface area contributed by atoms with E-state index in [1.807, 2.05) is 6.92 Å². The van der Waals surface area contributed by atoms with E-state index in [2.05, 4.69) is 33.6 Å². The van der Waals surface area contributed by atoms with Crippen molar-refractivity contribution >= 4 is 34.3 Å². The summed E-state index contributed by atoms with van der Waals surface area (Å²) >= 11 is 6.33. The summed E-state index contributed by atoms with van der Waals surface area (Å²) in [6.07, 6.45) is 1.72. The SMILES string of the molecule is CCNCCCCn1c([C@H](C)Nc2nc(N)nc(C)c2C#N)nc2cccc(Cl)c2c1=O. The molecule has 0 amide bonds. The van der Waals surface area contributed by atoms with E-state index in [0.717, 1.165) is 25.9 Å². The van der Waals surface area contributed by atoms with Crippen LogP contribution in [0.3, 0.4) is 0 Å². The summed E-state index contributed by atoms with van der Waals surface area (Å²) in [6, 6.07) is 6.90. The first-order valence-corrected chi connectivity index (χ1v) is 11.0. The standard InChI is InChI=1S/C22H27ClN8O/c1-4-26-10-5-6-11-31-20(29-17-9-7-8-16(23)18(17)21(31)32)14(3)27-19-15(12-24)13(2)28-22(25)30-19/h7-9,14,26H,4-6,10-11H2,1-3H3,(H3,25,27,28,30)/t14-/m0/s1. The van der Waals surface area contributed by atoms with Gasteiger partial charge in [0.2, 0.25) is 5.95 Å². The van der Waals surface area contributed by atoms with Gasteiger partial charge in [0.05, 0.1) is 27.7 Å². The summed E-state index contributed by atoms with van der Waals surface area (Å²) < 4.78 is 1.65. The van der Waals surface area contributed by atoms with Crippen LogP contribution >= 0.6 is 11.6 Å². The molecule has 1 atom stereocenters. The van der Waals surface area contributed by atoms with Crippen LogP contribution in [-0.2, 0) is 6.54 Å². The molecule has 0 aliphatic heterocycles. The monoisotopic (exact) mass is 454 g/mol. The van der Waals surface area contributed by atoms with Crippen molar-refractivity contribution in [3.8, 4) is 6.07 Å². The van der Waals surface area contributed by atoms with Gasteiger partial charge in [-0.15, -0.1) is 0 Å². The van der Waals surface area contributed by atoms with Gasteiger partial charge in [-0.2, -0.15) is 10.2 Å². The minimum Gasteiger partial charge on any atom is -0.368 e. The van der Waals surface area contributed by atoms with Crippen molar-refractivity contribution in [2.75, 3.05) is 24.1 Å². The lowest BCUT2D eigenvalue weighted by Gasteiger charge is -2.21. The van der Waals surface area contributed by atoms with Gasteiger partial charge in [-0.3, -0.25) is 9.36 Å². The molecule has 0 spiro atoms. The molecule has 0 radical (unpaired) electrons. The third kappa shape index (κ3) is 4.98. The van der Waals surface area contributed by atoms with E-state index in [1.54, 1.807) is 29.7 Å². The van der Waals surface area contributed by atoms with E-state index in [0.29, 0.717) is 45.4 Å². The Hall–Kier alpha value is -3.22. The number of unbranched alkanes of at least 4 members (excludes halogenated alkanes) is 1. The van der Waals surface area contributed by atoms with Crippen LogP contribution < -0.4 is 21.9 Å². The lowest BCUT2D eigenvalue weighted by atomic mass is 10.2. The fourth-order valence-electron chi connectivity index (χ4n) is 3.59. The Bertz CT molecular complexity index is 1220. The Labute approximate surface area is 191 Å². The predicted octanol–water partition coefficient (Wildman–Crippen LogP) is 3.17. The van der Waals surface area contributed by atoms with Crippen molar-refractivity contribution in [2.45, 2.75) is 46.2 Å². The van der Waals surface area contributed by atoms with Crippen LogP contribution in [0.5, 0.6) is 0 Å². The summed E-state index contributed by atoms with van der Waals surface area (Å²) in [7, 11) is 0. The van der Waals surface area contributed by atoms with Gasteiger partial charge in [0.25, 0.3) is 5.56 Å². The van der Waals surface area contributed by atoms with E-state index in [1.165, 1.54) is 0 Å². The molecular formula is C22H27ClN8O. The zero-order chi connectivity index (χ0) is 23.3. The molecule has 4 N–H and O–H groups in total. The van der Waals surface area contributed by atoms with E-state index < -0.39 is 6.04 Å². The van der Waals surface area contributed by atoms with Crippen molar-refractivity contribution in [3.05, 3.63) is 50.7 Å². The normalized spacial score (nSPS) is 12.0. The summed E-state index contributed by atoms with van der Waals surface area (Å²) in [4.78, 5) is 26.4. The molecule has 32 heavy (non-hydrogen) atoms. The molecule has 0 saturated carbocycles. The molecule has 9 nitrogen and oxygen atoms in total. The Kier molecular flexibility index (Phi) is 7.62. The minimum absolute atomic E-state index is 0.0651. The van der Waals surface area contributed by atoms with Crippen LogP contribution in [0.1, 0.15) is 49.8 Å². The molecule has 10 heteroatoms. The second-order valence-corrected chi connectivity index (χ2v) is 7.90. The first-order valence-electron chi connectivity index (χ1n) is 10.6. The van der Waals surface area contributed by atoms with Gasteiger partial charge in [0.15, 0.2) is 0 Å². The van der Waals surface area contributed by atoms with Crippen molar-refractivity contribution in [1.82, 2.24) is 24.8 Å². The highest BCUT2D eigenvalue weighted by Gasteiger charge is 2.20. The molecule has 0 aliphatic rings. The summed E-state index contributed by atoms with van der Waals surface area (Å²) in [6.45, 7) is 7.90. The fraction of sp³-hybridized carbons (Fsp3) is 0.409. The molecule has 0 saturated heterocycles. The molecule has 2 aromatic heterocycles. The van der Waals surface area contributed by atoms with Crippen molar-refractivity contribution in [2.24, 2.45) is 0 Å². The maximum atomic E-state index is 13.4. The second-order valence-electron chi connectivity index (χ2n) is 7.49. The number of halogens is 1. The van der Waals surface area contributed by atoms with E-state index in [4.69, 9.17) is 22.3 Å². The summed E-state index contributed by atoms with van der Waals surface area (Å²) in [5, 5.41) is 16.8. The van der Waals surface area contributed by atoms with Crippen LogP contribution in [0, 0.1) is 18.3 Å². The number of nitrogen functional groups attached to an aromatic ring is 1. The van der Waals surface area contributed by atoms with Crippen LogP contribution in [-0.4, -0.2) is 32.6 Å². The number of hydrogen-bond acceptors (Lipinski definition) is 8. The van der Waals surface area contributed by atoms with Crippen molar-refractivity contribution in [3.63, 3.8) is 0 Å². The number of rotatable bonds is 9. The summed E-state index contributed by atoms with van der Waals surface area (Å²) in [5.41, 5.74) is 6.90. The van der Waals surface area contributed by atoms with Crippen LogP contribution in [0.25, 0.3) is 10.9 Å². The molecule has 3 aromatic rings. The fourth-order valence-corrected chi connectivity index (χ4v) is 3.84. The smallest absolute Gasteiger partial charge is 0.262 e. The van der Waals surface area contributed by atoms with Gasteiger partial charge in [0.1, 0.15) is 23.3 Å². The molecule has 0 aliphatic carbocycles. The first kappa shape index (κ1) is 23.4. The second kappa shape index (κ2) is 10.4. The van der Waals surface area contributed by atoms with Crippen LogP contribution in [0.4, 0.5) is 11.8 Å². The maximum Gasteiger partial charge on any atom is 0.262 e. The molecule has 0 fully saturated rings. The molecule has 3 rings (SSSR count). The highest BCUT2D eigenvalue weighted by Crippen LogP contribution is 2.24. The topological polar surface area (TPSA) is 135 Å². The number of aryl methyl sites for hydroxylation is 1. The number of fused-ring (bicyclic) bond motifs is 1. The average Bonchev–Trinajstić information content (AvgIpc) is 2.74. The van der Waals surface area contributed by atoms with Gasteiger partial charge >= 0.3 is 0 Å². The van der Waals surface area contributed by atoms with E-state index in [9.17, 15) is 10.1 Å². The molecule has 2 heterocycles. The lowest BCUT2D eigenvalue weighted by Crippen LogP contribution is -2.29. The third-order valence-electron chi connectivity index (χ3n) is 5.16. The van der Waals surface area contributed by atoms with Gasteiger partial charge in [-0.1, -0.05) is 24.6 Å². The third-order valence-corrected chi connectivity index (χ3v) is 5.47. The maximum absolute atomic E-state index is 13.4. The van der Waals surface area contributed by atoms with E-state index in [-0.39, 0.29) is 11.5 Å². The number of anilines is 2. The average molecular weight is 455 g/mol. The first-order chi connectivity index (χ1) is 15.4. The van der Waals surface area contributed by atoms with Gasteiger partial charge in [-0.05, 0) is 51.9 Å². The van der Waals surface area contributed by atoms with Gasteiger partial charge in [-0.25, -0.2) is 9.97 Å². The number of nitriles is 1. The molecular weight excluding hydrogens is 428 g/mol. The molecule has 0 bridgehead atoms. The highest BCUT2D eigenvalue weighted by atomic mass is 35.5. The minimum atomic E-state index is -0.430. The Morgan fingerprint density at radius 1 is 1.28 bits per heavy atom. The largest absolute Gasteiger partial charge is 0.368 e. The molecule has 0 unspecified atom stereocenters.